The van der Waals surface area contributed by atoms with E-state index in [1.165, 1.54) is 14.0 Å². The van der Waals surface area contributed by atoms with Crippen LogP contribution in [0, 0.1) is 0 Å². The van der Waals surface area contributed by atoms with Gasteiger partial charge in [0.2, 0.25) is 5.88 Å². The van der Waals surface area contributed by atoms with Gasteiger partial charge in [-0.25, -0.2) is 19.4 Å². The molecule has 46 heavy (non-hydrogen) atoms. The summed E-state index contributed by atoms with van der Waals surface area (Å²) in [6.07, 6.45) is -1.10. The van der Waals surface area contributed by atoms with Crippen molar-refractivity contribution in [2.45, 2.75) is 24.8 Å². The van der Waals surface area contributed by atoms with E-state index >= 15 is 0 Å². The van der Waals surface area contributed by atoms with Crippen LogP contribution in [0.5, 0.6) is 11.8 Å². The predicted octanol–water partition coefficient (Wildman–Crippen LogP) is 1.88. The zero-order valence-corrected chi connectivity index (χ0v) is 33.7. The van der Waals surface area contributed by atoms with Gasteiger partial charge in [0.25, 0.3) is 0 Å². The van der Waals surface area contributed by atoms with E-state index in [-0.39, 0.29) is 106 Å². The normalized spacial score (nSPS) is 11.0. The van der Waals surface area contributed by atoms with Gasteiger partial charge in [0, 0.05) is 5.88 Å². The molecule has 0 bridgehead atoms. The first kappa shape index (κ1) is 47.3. The van der Waals surface area contributed by atoms with Gasteiger partial charge in [0.15, 0.2) is 24.5 Å². The Labute approximate surface area is 345 Å². The Morgan fingerprint density at radius 2 is 1.24 bits per heavy atom. The molecule has 0 aromatic carbocycles. The number of hydrogen-bond donors (Lipinski definition) is 2. The largest absolute Gasteiger partial charge is 1.00 e. The number of ether oxygens (including phenoxy) is 5. The van der Waals surface area contributed by atoms with Crippen molar-refractivity contribution in [2.75, 3.05) is 46.1 Å². The summed E-state index contributed by atoms with van der Waals surface area (Å²) in [5, 5.41) is 10.2. The van der Waals surface area contributed by atoms with Gasteiger partial charge in [-0.15, -0.1) is 0 Å². The van der Waals surface area contributed by atoms with Gasteiger partial charge in [-0.1, -0.05) is 85.5 Å². The molecular weight excluding hydrogens is 843 g/mol. The van der Waals surface area contributed by atoms with E-state index in [0.717, 1.165) is 7.11 Å². The number of anilines is 2. The third-order valence-electron chi connectivity index (χ3n) is 4.15. The first-order chi connectivity index (χ1) is 21.3. The summed E-state index contributed by atoms with van der Waals surface area (Å²) >= 11 is 36.7. The maximum Gasteiger partial charge on any atom is 1.00 e. The van der Waals surface area contributed by atoms with Crippen molar-refractivity contribution in [1.82, 2.24) is 9.97 Å². The van der Waals surface area contributed by atoms with Crippen LogP contribution in [0.25, 0.3) is 0 Å². The SMILES string of the molecule is COC(=O)COC(=O)C(C)Br.COC(=O)COC(=O)C(C)Oc1nc(Cl)c(Cl)c(N)c1Cl.Nc1c(Cl)c([O-])nc(Cl)c1Cl.[2H]CF.[K+]. The molecule has 0 saturated carbocycles. The Balaban J connectivity index is -0.000000632. The van der Waals surface area contributed by atoms with Crippen molar-refractivity contribution in [3.8, 4) is 11.8 Å². The van der Waals surface area contributed by atoms with Gasteiger partial charge in [0.1, 0.15) is 25.0 Å². The fourth-order valence-electron chi connectivity index (χ4n) is 1.92. The summed E-state index contributed by atoms with van der Waals surface area (Å²) in [4.78, 5) is 50.2. The van der Waals surface area contributed by atoms with E-state index in [0.29, 0.717) is 0 Å². The second kappa shape index (κ2) is 26.1. The monoisotopic (exact) mass is 865 g/mol. The van der Waals surface area contributed by atoms with E-state index in [4.69, 9.17) is 87.2 Å². The minimum atomic E-state index is -1.10. The summed E-state index contributed by atoms with van der Waals surface area (Å²) in [5.74, 6) is -3.40. The molecule has 2 atom stereocenters. The number of nitrogens with two attached hydrogens (primary N) is 2. The third-order valence-corrected chi connectivity index (χ3v) is 6.76. The molecule has 254 valence electrons. The number of aromatic nitrogens is 2. The molecule has 23 heteroatoms. The van der Waals surface area contributed by atoms with Gasteiger partial charge in [-0.3, -0.25) is 9.18 Å². The van der Waals surface area contributed by atoms with Gasteiger partial charge in [-0.2, -0.15) is 4.98 Å². The number of nitrogen functional groups attached to an aromatic ring is 2. The number of hydrogen-bond acceptors (Lipinski definition) is 14. The van der Waals surface area contributed by atoms with Crippen LogP contribution in [0.2, 0.25) is 30.4 Å². The standard InChI is InChI=1S/C11H11Cl3N2O5.C6H9BrO4.C5H3Cl3N2O.CH3F.K/c1-4(11(18)20-3-5(17)19-2)21-10-7(13)8(15)6(12)9(14)16-10;1-4(7)6(9)11-3-5(8)10-2;6-1-3(9)2(7)5(11)10-4(1)8;1-2;/h4H,3H2,1-2H3,(H2,15,16);4H,3H2,1-2H3;(H3,9,10,11);1H3;/q;;;;+1/p-1/i;;;1D;. The van der Waals surface area contributed by atoms with Crippen LogP contribution < -0.4 is 72.7 Å². The van der Waals surface area contributed by atoms with E-state index < -0.39 is 54.4 Å². The van der Waals surface area contributed by atoms with Crippen LogP contribution in [0.3, 0.4) is 0 Å². The number of nitrogens with zero attached hydrogens (tertiary/aromatic N) is 2. The molecule has 0 aliphatic carbocycles. The molecule has 4 N–H and O–H groups in total. The second-order valence-corrected chi connectivity index (χ2v) is 10.8. The Kier molecular flexibility index (Phi) is 26.8. The molecule has 2 rings (SSSR count). The molecule has 0 saturated heterocycles. The molecule has 14 nitrogen and oxygen atoms in total. The van der Waals surface area contributed by atoms with Crippen molar-refractivity contribution in [3.63, 3.8) is 0 Å². The summed E-state index contributed by atoms with van der Waals surface area (Å²) in [7, 11) is 1.39. The molecule has 2 unspecified atom stereocenters. The minimum Gasteiger partial charge on any atom is -0.857 e. The Hall–Kier alpha value is -0.834. The van der Waals surface area contributed by atoms with Crippen molar-refractivity contribution in [3.05, 3.63) is 30.4 Å². The Bertz CT molecular complexity index is 1330. The average Bonchev–Trinajstić information content (AvgIpc) is 3.02. The van der Waals surface area contributed by atoms with E-state index in [2.05, 4.69) is 44.8 Å². The number of pyridine rings is 2. The average molecular weight is 869 g/mol. The van der Waals surface area contributed by atoms with E-state index in [1.54, 1.807) is 6.92 Å². The summed E-state index contributed by atoms with van der Waals surface area (Å²) < 4.78 is 38.4. The molecule has 0 fully saturated rings. The molecule has 0 aliphatic heterocycles. The maximum absolute atomic E-state index is 11.6. The second-order valence-electron chi connectivity index (χ2n) is 7.24. The molecule has 0 spiro atoms. The first-order valence-corrected chi connectivity index (χ1v) is 14.4. The quantitative estimate of drug-likeness (QED) is 0.128. The molecule has 2 heterocycles. The number of carbonyl (C=O) groups excluding carboxylic acids is 4. The van der Waals surface area contributed by atoms with Crippen molar-refractivity contribution in [1.29, 1.82) is 0 Å². The summed E-state index contributed by atoms with van der Waals surface area (Å²) in [6.45, 7) is 2.12. The minimum absolute atomic E-state index is 0. The van der Waals surface area contributed by atoms with Crippen LogP contribution in [-0.4, -0.2) is 79.4 Å². The van der Waals surface area contributed by atoms with E-state index in [9.17, 15) is 28.7 Å². The Morgan fingerprint density at radius 3 is 1.65 bits per heavy atom. The topological polar surface area (TPSA) is 215 Å². The maximum atomic E-state index is 11.6. The molecule has 0 aliphatic rings. The zero-order chi connectivity index (χ0) is 36.3. The van der Waals surface area contributed by atoms with E-state index in [1.807, 2.05) is 0 Å². The third kappa shape index (κ3) is 18.1. The van der Waals surface area contributed by atoms with Crippen LogP contribution >= 0.6 is 85.5 Å². The fourth-order valence-corrected chi connectivity index (χ4v) is 3.10. The molecular formula is C23H25BrCl6FKN4O10. The number of carbonyl (C=O) groups is 4. The number of methoxy groups -OCH3 is 2. The molecule has 0 amide bonds. The van der Waals surface area contributed by atoms with Crippen LogP contribution in [0.15, 0.2) is 0 Å². The van der Waals surface area contributed by atoms with Crippen molar-refractivity contribution in [2.24, 2.45) is 0 Å². The van der Waals surface area contributed by atoms with Gasteiger partial charge >= 0.3 is 75.3 Å². The van der Waals surface area contributed by atoms with Crippen LogP contribution in [0.1, 0.15) is 15.2 Å². The molecule has 2 aromatic rings. The van der Waals surface area contributed by atoms with Crippen molar-refractivity contribution < 1.29 is 105 Å². The molecule has 0 radical (unpaired) electrons. The molecule has 2 aromatic heterocycles. The fraction of sp³-hybridized carbons (Fsp3) is 0.391. The smallest absolute Gasteiger partial charge is 0.857 e. The van der Waals surface area contributed by atoms with Gasteiger partial charge in [-0.05, 0) is 13.8 Å². The van der Waals surface area contributed by atoms with Gasteiger partial charge < -0.3 is 40.3 Å². The number of halogens is 8. The van der Waals surface area contributed by atoms with Gasteiger partial charge in [0.05, 0.1) is 39.1 Å². The zero-order valence-electron chi connectivity index (χ0n) is 25.4. The summed E-state index contributed by atoms with van der Waals surface area (Å²) in [6, 6.07) is 0. The summed E-state index contributed by atoms with van der Waals surface area (Å²) in [5.41, 5.74) is 10.8. The number of esters is 4. The first-order valence-electron chi connectivity index (χ1n) is 11.9. The van der Waals surface area contributed by atoms with Crippen LogP contribution in [-0.2, 0) is 38.1 Å². The number of alkyl halides is 2. The van der Waals surface area contributed by atoms with Crippen molar-refractivity contribution >= 4 is 121 Å². The Morgan fingerprint density at radius 1 is 0.848 bits per heavy atom. The van der Waals surface area contributed by atoms with Crippen LogP contribution in [0.4, 0.5) is 15.8 Å². The number of rotatable bonds is 8. The predicted molar refractivity (Wildman–Crippen MR) is 168 cm³/mol.